The molecule has 14 heteroatoms. The van der Waals surface area contributed by atoms with Gasteiger partial charge in [-0.15, -0.1) is 0 Å². The van der Waals surface area contributed by atoms with Gasteiger partial charge < -0.3 is 30.7 Å². The number of H-pyrrole nitrogens is 1. The lowest BCUT2D eigenvalue weighted by atomic mass is 10.2. The Morgan fingerprint density at radius 3 is 2.41 bits per heavy atom. The van der Waals surface area contributed by atoms with E-state index in [1.54, 1.807) is 32.5 Å². The maximum absolute atomic E-state index is 14.3. The zero-order chi connectivity index (χ0) is 29.6. The first-order valence-corrected chi connectivity index (χ1v) is 12.0. The molecule has 9 nitrogen and oxygen atoms in total. The van der Waals surface area contributed by atoms with Crippen molar-refractivity contribution in [3.8, 4) is 11.5 Å². The van der Waals surface area contributed by atoms with Crippen molar-refractivity contribution in [1.82, 2.24) is 10.2 Å². The van der Waals surface area contributed by atoms with Gasteiger partial charge in [-0.25, -0.2) is 13.6 Å². The number of aromatic nitrogens is 2. The largest absolute Gasteiger partial charge is 0.497 e. The lowest BCUT2D eigenvalue weighted by molar-refractivity contribution is -0.137. The number of carbonyl (C=O) groups excluding carboxylic acids is 1. The van der Waals surface area contributed by atoms with Crippen LogP contribution in [0.1, 0.15) is 16.7 Å². The number of alkyl halides is 3. The lowest BCUT2D eigenvalue weighted by Crippen LogP contribution is -2.20. The van der Waals surface area contributed by atoms with E-state index in [2.05, 4.69) is 31.5 Å². The molecular formula is C27H25F5N6O3. The molecule has 0 radical (unpaired) electrons. The van der Waals surface area contributed by atoms with Crippen LogP contribution in [-0.2, 0) is 19.3 Å². The second-order valence-electron chi connectivity index (χ2n) is 8.65. The summed E-state index contributed by atoms with van der Waals surface area (Å²) < 4.78 is 77.2. The number of anilines is 4. The number of hydrogen-bond acceptors (Lipinski definition) is 6. The Balaban J connectivity index is 1.37. The predicted molar refractivity (Wildman–Crippen MR) is 143 cm³/mol. The topological polar surface area (TPSA) is 112 Å². The van der Waals surface area contributed by atoms with E-state index in [-0.39, 0.29) is 18.3 Å². The molecule has 0 saturated carbocycles. The molecule has 0 bridgehead atoms. The van der Waals surface area contributed by atoms with E-state index < -0.39 is 35.1 Å². The number of benzene rings is 3. The van der Waals surface area contributed by atoms with Crippen LogP contribution in [0.15, 0.2) is 60.8 Å². The van der Waals surface area contributed by atoms with Gasteiger partial charge in [0.15, 0.2) is 5.82 Å². The first-order valence-electron chi connectivity index (χ1n) is 12.0. The molecule has 0 unspecified atom stereocenters. The van der Waals surface area contributed by atoms with E-state index >= 15 is 0 Å². The molecule has 5 N–H and O–H groups in total. The Morgan fingerprint density at radius 2 is 1.71 bits per heavy atom. The lowest BCUT2D eigenvalue weighted by Gasteiger charge is -2.13. The van der Waals surface area contributed by atoms with Crippen LogP contribution in [0.4, 0.5) is 49.6 Å². The second kappa shape index (κ2) is 12.4. The number of nitrogens with zero attached hydrogens (tertiary/aromatic N) is 1. The molecule has 4 rings (SSSR count). The fraction of sp³-hybridized carbons (Fsp3) is 0.185. The average molecular weight is 577 g/mol. The van der Waals surface area contributed by atoms with Crippen LogP contribution < -0.4 is 30.7 Å². The number of halogens is 5. The monoisotopic (exact) mass is 576 g/mol. The van der Waals surface area contributed by atoms with E-state index in [1.807, 2.05) is 6.07 Å². The number of hydrogen-bond donors (Lipinski definition) is 5. The quantitative estimate of drug-likeness (QED) is 0.136. The second-order valence-corrected chi connectivity index (χ2v) is 8.65. The standard InChI is InChI=1S/C27H25F5N6O3/c1-40-20-5-3-16(24(11-20)41-2)13-34-25-23(14-35-38-25)33-12-15-7-18(28)10-19(8-15)36-26(39)37-22-6-4-17(9-21(22)29)27(30,31)32/h3-11,14,33H,12-13H2,1-2H3,(H2,34,35,38)(H2,36,37,39). The smallest absolute Gasteiger partial charge is 0.416 e. The molecule has 0 saturated heterocycles. The zero-order valence-corrected chi connectivity index (χ0v) is 21.7. The fourth-order valence-corrected chi connectivity index (χ4v) is 3.84. The molecule has 41 heavy (non-hydrogen) atoms. The summed E-state index contributed by atoms with van der Waals surface area (Å²) in [4.78, 5) is 12.3. The highest BCUT2D eigenvalue weighted by atomic mass is 19.4. The van der Waals surface area contributed by atoms with Gasteiger partial charge >= 0.3 is 12.2 Å². The van der Waals surface area contributed by atoms with Gasteiger partial charge in [0, 0.05) is 36.6 Å². The minimum atomic E-state index is -4.73. The Morgan fingerprint density at radius 1 is 0.902 bits per heavy atom. The van der Waals surface area contributed by atoms with Crippen LogP contribution in [0, 0.1) is 11.6 Å². The first kappa shape index (κ1) is 29.0. The molecule has 0 atom stereocenters. The van der Waals surface area contributed by atoms with Gasteiger partial charge in [-0.3, -0.25) is 5.10 Å². The maximum Gasteiger partial charge on any atom is 0.416 e. The minimum absolute atomic E-state index is 0.0452. The van der Waals surface area contributed by atoms with Crippen molar-refractivity contribution in [1.29, 1.82) is 0 Å². The number of aromatic amines is 1. The Hall–Kier alpha value is -5.01. The van der Waals surface area contributed by atoms with Crippen LogP contribution in [0.2, 0.25) is 0 Å². The number of amides is 2. The summed E-state index contributed by atoms with van der Waals surface area (Å²) in [7, 11) is 3.11. The van der Waals surface area contributed by atoms with Gasteiger partial charge in [0.2, 0.25) is 0 Å². The molecular weight excluding hydrogens is 551 g/mol. The van der Waals surface area contributed by atoms with Gasteiger partial charge in [0.05, 0.1) is 31.2 Å². The van der Waals surface area contributed by atoms with Crippen LogP contribution in [0.5, 0.6) is 11.5 Å². The summed E-state index contributed by atoms with van der Waals surface area (Å²) in [6.45, 7) is 0.525. The fourth-order valence-electron chi connectivity index (χ4n) is 3.84. The molecule has 0 spiro atoms. The third kappa shape index (κ3) is 7.56. The molecule has 216 valence electrons. The van der Waals surface area contributed by atoms with E-state index in [1.165, 1.54) is 12.1 Å². The normalized spacial score (nSPS) is 11.1. The molecule has 2 amide bonds. The van der Waals surface area contributed by atoms with Gasteiger partial charge in [-0.2, -0.15) is 18.3 Å². The van der Waals surface area contributed by atoms with E-state index in [0.717, 1.165) is 17.7 Å². The Bertz CT molecular complexity index is 1530. The number of rotatable bonds is 10. The summed E-state index contributed by atoms with van der Waals surface area (Å²) in [6, 6.07) is 9.92. The van der Waals surface area contributed by atoms with Gasteiger partial charge in [0.25, 0.3) is 0 Å². The van der Waals surface area contributed by atoms with Crippen molar-refractivity contribution in [2.24, 2.45) is 0 Å². The molecule has 1 aromatic heterocycles. The summed E-state index contributed by atoms with van der Waals surface area (Å²) in [6.07, 6.45) is -3.12. The molecule has 0 aliphatic rings. The predicted octanol–water partition coefficient (Wildman–Crippen LogP) is 6.59. The summed E-state index contributed by atoms with van der Waals surface area (Å²) in [5.41, 5.74) is 0.277. The van der Waals surface area contributed by atoms with Crippen LogP contribution in [0.25, 0.3) is 0 Å². The van der Waals surface area contributed by atoms with Crippen molar-refractivity contribution in [2.45, 2.75) is 19.3 Å². The van der Waals surface area contributed by atoms with Gasteiger partial charge in [-0.1, -0.05) is 0 Å². The Labute approximate surface area is 231 Å². The SMILES string of the molecule is COc1ccc(CNc2n[nH]cc2NCc2cc(F)cc(NC(=O)Nc3ccc(C(F)(F)F)cc3F)c2)c(OC)c1. The highest BCUT2D eigenvalue weighted by Crippen LogP contribution is 2.31. The molecule has 0 aliphatic carbocycles. The first-order chi connectivity index (χ1) is 19.5. The van der Waals surface area contributed by atoms with Gasteiger partial charge in [-0.05, 0) is 54.1 Å². The number of nitrogens with one attached hydrogen (secondary N) is 5. The van der Waals surface area contributed by atoms with Crippen molar-refractivity contribution >= 4 is 28.9 Å². The minimum Gasteiger partial charge on any atom is -0.497 e. The molecule has 0 aliphatic heterocycles. The van der Waals surface area contributed by atoms with E-state index in [4.69, 9.17) is 9.47 Å². The van der Waals surface area contributed by atoms with E-state index in [0.29, 0.717) is 41.2 Å². The third-order valence-corrected chi connectivity index (χ3v) is 5.82. The summed E-state index contributed by atoms with van der Waals surface area (Å²) in [5, 5.41) is 17.7. The maximum atomic E-state index is 14.3. The highest BCUT2D eigenvalue weighted by molar-refractivity contribution is 5.99. The third-order valence-electron chi connectivity index (χ3n) is 5.82. The highest BCUT2D eigenvalue weighted by Gasteiger charge is 2.31. The molecule has 0 fully saturated rings. The van der Waals surface area contributed by atoms with Crippen molar-refractivity contribution in [2.75, 3.05) is 35.5 Å². The van der Waals surface area contributed by atoms with Gasteiger partial charge in [0.1, 0.15) is 23.1 Å². The van der Waals surface area contributed by atoms with Crippen molar-refractivity contribution in [3.05, 3.63) is 89.1 Å². The van der Waals surface area contributed by atoms with Crippen LogP contribution >= 0.6 is 0 Å². The van der Waals surface area contributed by atoms with E-state index in [9.17, 15) is 26.7 Å². The summed E-state index contributed by atoms with van der Waals surface area (Å²) >= 11 is 0. The van der Waals surface area contributed by atoms with Crippen LogP contribution in [0.3, 0.4) is 0 Å². The van der Waals surface area contributed by atoms with Crippen LogP contribution in [-0.4, -0.2) is 30.4 Å². The van der Waals surface area contributed by atoms with Crippen molar-refractivity contribution < 1.29 is 36.2 Å². The molecule has 1 heterocycles. The zero-order valence-electron chi connectivity index (χ0n) is 21.7. The molecule has 4 aromatic rings. The number of methoxy groups -OCH3 is 2. The number of carbonyl (C=O) groups is 1. The Kier molecular flexibility index (Phi) is 8.80. The number of ether oxygens (including phenoxy) is 2. The van der Waals surface area contributed by atoms with Crippen molar-refractivity contribution in [3.63, 3.8) is 0 Å². The molecule has 3 aromatic carbocycles. The summed E-state index contributed by atoms with van der Waals surface area (Å²) in [5.74, 6) is -0.144. The average Bonchev–Trinajstić information content (AvgIpc) is 3.38. The number of urea groups is 1.